The maximum atomic E-state index is 12.7. The molecule has 0 aliphatic carbocycles. The molecule has 0 amide bonds. The Morgan fingerprint density at radius 1 is 1.13 bits per heavy atom. The average molecular weight is 368 g/mol. The molecule has 0 N–H and O–H groups in total. The van der Waals surface area contributed by atoms with E-state index < -0.39 is 11.3 Å². The van der Waals surface area contributed by atoms with Gasteiger partial charge in [-0.05, 0) is 24.0 Å². The zero-order valence-electron chi connectivity index (χ0n) is 13.6. The molecule has 1 heterocycles. The van der Waals surface area contributed by atoms with E-state index in [0.717, 1.165) is 10.2 Å². The molecule has 0 fully saturated rings. The van der Waals surface area contributed by atoms with Crippen LogP contribution in [0.3, 0.4) is 0 Å². The molecule has 2 rings (SSSR count). The minimum Gasteiger partial charge on any atom is -0.287 e. The van der Waals surface area contributed by atoms with Crippen molar-refractivity contribution in [2.24, 2.45) is 17.8 Å². The van der Waals surface area contributed by atoms with E-state index >= 15 is 0 Å². The lowest BCUT2D eigenvalue weighted by Crippen LogP contribution is -2.50. The van der Waals surface area contributed by atoms with Crippen molar-refractivity contribution >= 4 is 57.0 Å². The highest BCUT2D eigenvalue weighted by Crippen LogP contribution is 2.47. The van der Waals surface area contributed by atoms with Crippen LogP contribution < -0.4 is 0 Å². The molecule has 2 atom stereocenters. The number of thiazole rings is 1. The Labute approximate surface area is 151 Å². The second-order valence-corrected chi connectivity index (χ2v) is 8.25. The van der Waals surface area contributed by atoms with Crippen LogP contribution in [0.2, 0.25) is 0 Å². The standard InChI is InChI=1S/C17H21NO2S3/c1-9(2)13(14(19)21)17(10(3)4,16(20)22)15-18-11-7-5-6-8-12(11)23-15/h5-10,13H,1-4H3,(H,19,21)(H,20,22). The second kappa shape index (κ2) is 6.95. The number of nitrogens with zero attached hydrogens (tertiary/aromatic N) is 1. The van der Waals surface area contributed by atoms with Gasteiger partial charge in [0.15, 0.2) is 10.2 Å². The molecule has 0 spiro atoms. The zero-order valence-corrected chi connectivity index (χ0v) is 16.2. The number of thiol groups is 2. The number of fused-ring (bicyclic) bond motifs is 1. The van der Waals surface area contributed by atoms with Gasteiger partial charge in [-0.3, -0.25) is 9.59 Å². The van der Waals surface area contributed by atoms with Crippen molar-refractivity contribution in [2.75, 3.05) is 0 Å². The summed E-state index contributed by atoms with van der Waals surface area (Å²) in [6, 6.07) is 7.73. The summed E-state index contributed by atoms with van der Waals surface area (Å²) < 4.78 is 0.997. The maximum absolute atomic E-state index is 12.7. The first-order chi connectivity index (χ1) is 10.7. The van der Waals surface area contributed by atoms with Crippen molar-refractivity contribution in [3.05, 3.63) is 29.3 Å². The first kappa shape index (κ1) is 18.5. The third kappa shape index (κ3) is 3.08. The van der Waals surface area contributed by atoms with Crippen LogP contribution >= 0.6 is 36.6 Å². The topological polar surface area (TPSA) is 47.0 Å². The lowest BCUT2D eigenvalue weighted by molar-refractivity contribution is -0.128. The van der Waals surface area contributed by atoms with Gasteiger partial charge in [-0.2, -0.15) is 0 Å². The van der Waals surface area contributed by atoms with E-state index in [1.54, 1.807) is 0 Å². The van der Waals surface area contributed by atoms with Crippen LogP contribution in [-0.2, 0) is 15.0 Å². The SMILES string of the molecule is CC(C)C(C(=O)S)C(C(=O)S)(c1nc2ccccc2s1)C(C)C. The van der Waals surface area contributed by atoms with E-state index in [0.29, 0.717) is 5.01 Å². The van der Waals surface area contributed by atoms with Crippen LogP contribution in [0, 0.1) is 17.8 Å². The Hall–Kier alpha value is -0.850. The van der Waals surface area contributed by atoms with Gasteiger partial charge in [0.25, 0.3) is 0 Å². The molecule has 6 heteroatoms. The Morgan fingerprint density at radius 2 is 1.74 bits per heavy atom. The molecule has 23 heavy (non-hydrogen) atoms. The van der Waals surface area contributed by atoms with Crippen molar-refractivity contribution < 1.29 is 9.59 Å². The summed E-state index contributed by atoms with van der Waals surface area (Å²) in [4.78, 5) is 29.6. The summed E-state index contributed by atoms with van der Waals surface area (Å²) in [5.74, 6) is -0.751. The summed E-state index contributed by atoms with van der Waals surface area (Å²) in [5, 5.41) is 0.0258. The molecule has 3 nitrogen and oxygen atoms in total. The van der Waals surface area contributed by atoms with Gasteiger partial charge in [-0.1, -0.05) is 39.8 Å². The van der Waals surface area contributed by atoms with E-state index in [2.05, 4.69) is 30.2 Å². The minimum absolute atomic E-state index is 0.0505. The van der Waals surface area contributed by atoms with Crippen LogP contribution in [0.15, 0.2) is 24.3 Å². The Bertz CT molecular complexity index is 705. The Balaban J connectivity index is 2.80. The van der Waals surface area contributed by atoms with Crippen molar-refractivity contribution in [3.63, 3.8) is 0 Å². The van der Waals surface area contributed by atoms with Crippen LogP contribution in [0.4, 0.5) is 0 Å². The number of carbonyl (C=O) groups is 2. The highest BCUT2D eigenvalue weighted by Gasteiger charge is 2.53. The van der Waals surface area contributed by atoms with Gasteiger partial charge in [0, 0.05) is 0 Å². The minimum atomic E-state index is -1.07. The molecule has 0 radical (unpaired) electrons. The maximum Gasteiger partial charge on any atom is 0.199 e. The zero-order chi connectivity index (χ0) is 17.4. The fourth-order valence-corrected chi connectivity index (χ4v) is 5.69. The van der Waals surface area contributed by atoms with E-state index in [4.69, 9.17) is 0 Å². The van der Waals surface area contributed by atoms with Gasteiger partial charge in [0.1, 0.15) is 10.4 Å². The molecular weight excluding hydrogens is 346 g/mol. The molecule has 0 aliphatic heterocycles. The fraction of sp³-hybridized carbons (Fsp3) is 0.471. The van der Waals surface area contributed by atoms with E-state index in [-0.39, 0.29) is 22.1 Å². The molecule has 0 aliphatic rings. The third-order valence-corrected chi connectivity index (χ3v) is 6.17. The largest absolute Gasteiger partial charge is 0.287 e. The highest BCUT2D eigenvalue weighted by molar-refractivity contribution is 7.97. The van der Waals surface area contributed by atoms with Crippen molar-refractivity contribution in [1.29, 1.82) is 0 Å². The van der Waals surface area contributed by atoms with Crippen molar-refractivity contribution in [3.8, 4) is 0 Å². The lowest BCUT2D eigenvalue weighted by atomic mass is 9.65. The average Bonchev–Trinajstić information content (AvgIpc) is 2.86. The van der Waals surface area contributed by atoms with E-state index in [1.807, 2.05) is 52.0 Å². The molecule has 0 saturated heterocycles. The van der Waals surface area contributed by atoms with Crippen LogP contribution in [-0.4, -0.2) is 15.2 Å². The van der Waals surface area contributed by atoms with E-state index in [1.165, 1.54) is 11.3 Å². The molecule has 2 aromatic rings. The molecular formula is C17H21NO2S3. The van der Waals surface area contributed by atoms with Crippen molar-refractivity contribution in [1.82, 2.24) is 4.98 Å². The number of para-hydroxylation sites is 1. The first-order valence-electron chi connectivity index (χ1n) is 7.55. The fourth-order valence-electron chi connectivity index (χ4n) is 3.27. The van der Waals surface area contributed by atoms with Crippen LogP contribution in [0.25, 0.3) is 10.2 Å². The summed E-state index contributed by atoms with van der Waals surface area (Å²) in [6.45, 7) is 7.73. The lowest BCUT2D eigenvalue weighted by Gasteiger charge is -2.40. The van der Waals surface area contributed by atoms with Crippen LogP contribution in [0.1, 0.15) is 32.7 Å². The normalized spacial score (nSPS) is 15.8. The van der Waals surface area contributed by atoms with Gasteiger partial charge < -0.3 is 0 Å². The number of benzene rings is 1. The summed E-state index contributed by atoms with van der Waals surface area (Å²) >= 11 is 9.72. The van der Waals surface area contributed by atoms with Gasteiger partial charge in [-0.15, -0.1) is 36.6 Å². The number of rotatable bonds is 6. The quantitative estimate of drug-likeness (QED) is 0.745. The summed E-state index contributed by atoms with van der Waals surface area (Å²) in [7, 11) is 0. The smallest absolute Gasteiger partial charge is 0.199 e. The Morgan fingerprint density at radius 3 is 2.17 bits per heavy atom. The summed E-state index contributed by atoms with van der Waals surface area (Å²) in [6.07, 6.45) is 0. The molecule has 1 aromatic heterocycles. The third-order valence-electron chi connectivity index (χ3n) is 4.34. The number of hydrogen-bond donors (Lipinski definition) is 2. The van der Waals surface area contributed by atoms with E-state index in [9.17, 15) is 9.59 Å². The first-order valence-corrected chi connectivity index (χ1v) is 9.26. The van der Waals surface area contributed by atoms with Gasteiger partial charge in [0.05, 0.1) is 16.1 Å². The second-order valence-electron chi connectivity index (χ2n) is 6.38. The highest BCUT2D eigenvalue weighted by atomic mass is 32.1. The van der Waals surface area contributed by atoms with Gasteiger partial charge in [-0.25, -0.2) is 4.98 Å². The van der Waals surface area contributed by atoms with Crippen molar-refractivity contribution in [2.45, 2.75) is 33.1 Å². The molecule has 124 valence electrons. The molecule has 1 aromatic carbocycles. The summed E-state index contributed by atoms with van der Waals surface area (Å²) in [5.41, 5.74) is -0.235. The molecule has 2 unspecified atom stereocenters. The van der Waals surface area contributed by atoms with Gasteiger partial charge in [0.2, 0.25) is 0 Å². The predicted octanol–water partition coefficient (Wildman–Crippen LogP) is 4.38. The van der Waals surface area contributed by atoms with Gasteiger partial charge >= 0.3 is 0 Å². The van der Waals surface area contributed by atoms with Crippen LogP contribution in [0.5, 0.6) is 0 Å². The monoisotopic (exact) mass is 367 g/mol. The Kier molecular flexibility index (Phi) is 5.59. The predicted molar refractivity (Wildman–Crippen MR) is 102 cm³/mol. The molecule has 0 bridgehead atoms. The number of aromatic nitrogens is 1. The number of carbonyl (C=O) groups excluding carboxylic acids is 2. The number of hydrogen-bond acceptors (Lipinski definition) is 4. The molecule has 0 saturated carbocycles.